The maximum absolute atomic E-state index is 13.0. The average molecular weight is 218 g/mol. The van der Waals surface area contributed by atoms with E-state index in [0.717, 1.165) is 11.1 Å². The highest BCUT2D eigenvalue weighted by molar-refractivity contribution is 5.72. The van der Waals surface area contributed by atoms with E-state index in [2.05, 4.69) is 9.97 Å². The fourth-order valence-corrected chi connectivity index (χ4v) is 2.05. The van der Waals surface area contributed by atoms with Crippen LogP contribution in [0.1, 0.15) is 11.1 Å². The van der Waals surface area contributed by atoms with Crippen molar-refractivity contribution < 1.29 is 4.39 Å². The molecule has 1 aliphatic rings. The number of hydrogen-bond acceptors (Lipinski definition) is 2. The Balaban J connectivity index is 2.38. The molecule has 0 atom stereocenters. The number of aromatic nitrogens is 2. The molecule has 16 heavy (non-hydrogen) atoms. The Bertz CT molecular complexity index is 700. The molecule has 2 aromatic rings. The van der Waals surface area contributed by atoms with Crippen molar-refractivity contribution in [2.75, 3.05) is 0 Å². The molecule has 80 valence electrons. The molecule has 3 rings (SSSR count). The van der Waals surface area contributed by atoms with Crippen LogP contribution < -0.4 is 11.2 Å². The van der Waals surface area contributed by atoms with Crippen molar-refractivity contribution in [3.63, 3.8) is 0 Å². The van der Waals surface area contributed by atoms with Gasteiger partial charge in [0.25, 0.3) is 5.56 Å². The standard InChI is InChI=1S/C11H7FN2O2/c12-6-1-2-7-5(3-6)4-8-9(7)13-11(16)14-10(8)15/h1-3H,4H2,(H2,13,14,15,16). The number of aromatic amines is 2. The minimum absolute atomic E-state index is 0.342. The summed E-state index contributed by atoms with van der Waals surface area (Å²) < 4.78 is 13.0. The predicted molar refractivity (Wildman–Crippen MR) is 55.9 cm³/mol. The van der Waals surface area contributed by atoms with Crippen LogP contribution in [0.4, 0.5) is 4.39 Å². The van der Waals surface area contributed by atoms with Crippen molar-refractivity contribution >= 4 is 0 Å². The van der Waals surface area contributed by atoms with Gasteiger partial charge in [-0.25, -0.2) is 9.18 Å². The lowest BCUT2D eigenvalue weighted by molar-refractivity contribution is 0.626. The van der Waals surface area contributed by atoms with Crippen LogP contribution in [0.3, 0.4) is 0 Å². The summed E-state index contributed by atoms with van der Waals surface area (Å²) in [5.41, 5.74) is 1.49. The van der Waals surface area contributed by atoms with Crippen LogP contribution in [0.2, 0.25) is 0 Å². The summed E-state index contributed by atoms with van der Waals surface area (Å²) in [6.07, 6.45) is 0.356. The highest BCUT2D eigenvalue weighted by atomic mass is 19.1. The van der Waals surface area contributed by atoms with Gasteiger partial charge >= 0.3 is 5.69 Å². The Morgan fingerprint density at radius 3 is 2.81 bits per heavy atom. The third-order valence-electron chi connectivity index (χ3n) is 2.75. The van der Waals surface area contributed by atoms with Gasteiger partial charge in [0.1, 0.15) is 5.82 Å². The first-order valence-corrected chi connectivity index (χ1v) is 4.79. The lowest BCUT2D eigenvalue weighted by Crippen LogP contribution is -2.24. The van der Waals surface area contributed by atoms with Crippen LogP contribution in [0.25, 0.3) is 11.3 Å². The predicted octanol–water partition coefficient (Wildman–Crippen LogP) is 0.773. The normalized spacial score (nSPS) is 12.3. The Morgan fingerprint density at radius 1 is 1.19 bits per heavy atom. The number of hydrogen-bond donors (Lipinski definition) is 2. The molecule has 1 aromatic heterocycles. The minimum atomic E-state index is -0.541. The molecule has 4 nitrogen and oxygen atoms in total. The van der Waals surface area contributed by atoms with E-state index in [1.807, 2.05) is 0 Å². The van der Waals surface area contributed by atoms with E-state index in [1.54, 1.807) is 6.07 Å². The number of nitrogens with one attached hydrogen (secondary N) is 2. The molecule has 0 unspecified atom stereocenters. The molecule has 1 aromatic carbocycles. The molecule has 0 radical (unpaired) electrons. The van der Waals surface area contributed by atoms with E-state index in [9.17, 15) is 14.0 Å². The van der Waals surface area contributed by atoms with Crippen molar-refractivity contribution in [2.24, 2.45) is 0 Å². The molecule has 1 heterocycles. The molecule has 5 heteroatoms. The van der Waals surface area contributed by atoms with E-state index < -0.39 is 11.2 Å². The maximum Gasteiger partial charge on any atom is 0.326 e. The molecule has 0 saturated carbocycles. The zero-order valence-corrected chi connectivity index (χ0v) is 8.13. The molecular formula is C11H7FN2O2. The van der Waals surface area contributed by atoms with Crippen molar-refractivity contribution in [2.45, 2.75) is 6.42 Å². The van der Waals surface area contributed by atoms with Gasteiger partial charge in [0.2, 0.25) is 0 Å². The first kappa shape index (κ1) is 9.08. The second-order valence-electron chi connectivity index (χ2n) is 3.74. The van der Waals surface area contributed by atoms with E-state index in [1.165, 1.54) is 12.1 Å². The van der Waals surface area contributed by atoms with Crippen LogP contribution in [-0.4, -0.2) is 9.97 Å². The van der Waals surface area contributed by atoms with Crippen LogP contribution >= 0.6 is 0 Å². The highest BCUT2D eigenvalue weighted by Crippen LogP contribution is 2.32. The Hall–Kier alpha value is -2.17. The molecule has 0 aliphatic heterocycles. The van der Waals surface area contributed by atoms with Crippen LogP contribution in [0, 0.1) is 5.82 Å². The van der Waals surface area contributed by atoms with Crippen molar-refractivity contribution in [3.05, 3.63) is 56.0 Å². The van der Waals surface area contributed by atoms with Gasteiger partial charge in [0, 0.05) is 17.5 Å². The van der Waals surface area contributed by atoms with Gasteiger partial charge in [-0.05, 0) is 23.8 Å². The number of fused-ring (bicyclic) bond motifs is 3. The molecule has 0 amide bonds. The quantitative estimate of drug-likeness (QED) is 0.585. The van der Waals surface area contributed by atoms with Gasteiger partial charge in [0.05, 0.1) is 5.69 Å². The summed E-state index contributed by atoms with van der Waals surface area (Å²) >= 11 is 0. The van der Waals surface area contributed by atoms with E-state index >= 15 is 0 Å². The smallest absolute Gasteiger partial charge is 0.307 e. The monoisotopic (exact) mass is 218 g/mol. The van der Waals surface area contributed by atoms with Crippen LogP contribution in [-0.2, 0) is 6.42 Å². The van der Waals surface area contributed by atoms with Gasteiger partial charge in [-0.15, -0.1) is 0 Å². The van der Waals surface area contributed by atoms with Gasteiger partial charge in [0.15, 0.2) is 0 Å². The lowest BCUT2D eigenvalue weighted by atomic mass is 10.1. The van der Waals surface area contributed by atoms with E-state index in [-0.39, 0.29) is 5.82 Å². The third-order valence-corrected chi connectivity index (χ3v) is 2.75. The van der Waals surface area contributed by atoms with Gasteiger partial charge in [-0.3, -0.25) is 9.78 Å². The Labute approximate surface area is 88.8 Å². The average Bonchev–Trinajstić information content (AvgIpc) is 2.56. The highest BCUT2D eigenvalue weighted by Gasteiger charge is 2.22. The number of benzene rings is 1. The topological polar surface area (TPSA) is 65.7 Å². The molecule has 0 spiro atoms. The minimum Gasteiger partial charge on any atom is -0.307 e. The summed E-state index contributed by atoms with van der Waals surface area (Å²) in [5.74, 6) is -0.342. The second kappa shape index (κ2) is 2.91. The SMILES string of the molecule is O=c1[nH]c2c(c(=O)[nH]1)Cc1cc(F)ccc1-2. The zero-order valence-electron chi connectivity index (χ0n) is 8.13. The molecule has 1 aliphatic carbocycles. The third kappa shape index (κ3) is 1.14. The second-order valence-corrected chi connectivity index (χ2v) is 3.74. The summed E-state index contributed by atoms with van der Waals surface area (Å²) in [4.78, 5) is 27.4. The molecular weight excluding hydrogens is 211 g/mol. The summed E-state index contributed by atoms with van der Waals surface area (Å²) in [6.45, 7) is 0. The molecule has 0 fully saturated rings. The van der Waals surface area contributed by atoms with E-state index in [4.69, 9.17) is 0 Å². The first-order chi connectivity index (χ1) is 7.65. The first-order valence-electron chi connectivity index (χ1n) is 4.79. The number of H-pyrrole nitrogens is 2. The lowest BCUT2D eigenvalue weighted by Gasteiger charge is -1.99. The Kier molecular flexibility index (Phi) is 1.65. The van der Waals surface area contributed by atoms with Crippen molar-refractivity contribution in [1.82, 2.24) is 9.97 Å². The van der Waals surface area contributed by atoms with Gasteiger partial charge < -0.3 is 4.98 Å². The van der Waals surface area contributed by atoms with Crippen molar-refractivity contribution in [3.8, 4) is 11.3 Å². The van der Waals surface area contributed by atoms with Crippen LogP contribution in [0.15, 0.2) is 27.8 Å². The molecule has 0 bridgehead atoms. The maximum atomic E-state index is 13.0. The zero-order chi connectivity index (χ0) is 11.3. The Morgan fingerprint density at radius 2 is 2.00 bits per heavy atom. The molecule has 2 N–H and O–H groups in total. The largest absolute Gasteiger partial charge is 0.326 e. The van der Waals surface area contributed by atoms with Crippen molar-refractivity contribution in [1.29, 1.82) is 0 Å². The molecule has 0 saturated heterocycles. The van der Waals surface area contributed by atoms with Gasteiger partial charge in [-0.2, -0.15) is 0 Å². The fraction of sp³-hybridized carbons (Fsp3) is 0.0909. The fourth-order valence-electron chi connectivity index (χ4n) is 2.05. The summed E-state index contributed by atoms with van der Waals surface area (Å²) in [7, 11) is 0. The van der Waals surface area contributed by atoms with E-state index in [0.29, 0.717) is 17.7 Å². The van der Waals surface area contributed by atoms with Gasteiger partial charge in [-0.1, -0.05) is 0 Å². The summed E-state index contributed by atoms with van der Waals surface area (Å²) in [6, 6.07) is 4.27. The van der Waals surface area contributed by atoms with Crippen LogP contribution in [0.5, 0.6) is 0 Å². The summed E-state index contributed by atoms with van der Waals surface area (Å²) in [5, 5.41) is 0. The number of rotatable bonds is 0. The number of halogens is 1.